The maximum absolute atomic E-state index is 12.9. The Kier molecular flexibility index (Phi) is 5.29. The first-order valence-corrected chi connectivity index (χ1v) is 11.7. The summed E-state index contributed by atoms with van der Waals surface area (Å²) in [5, 5.41) is 1.83. The Bertz CT molecular complexity index is 882. The maximum atomic E-state index is 12.9. The highest BCUT2D eigenvalue weighted by molar-refractivity contribution is 7.91. The highest BCUT2D eigenvalue weighted by Gasteiger charge is 2.45. The Morgan fingerprint density at radius 2 is 2.04 bits per heavy atom. The van der Waals surface area contributed by atoms with Crippen molar-refractivity contribution in [2.24, 2.45) is 5.41 Å². The largest absolute Gasteiger partial charge is 0.497 e. The van der Waals surface area contributed by atoms with E-state index in [-0.39, 0.29) is 5.41 Å². The number of hydrogen-bond acceptors (Lipinski definition) is 5. The number of methoxy groups -OCH3 is 1. The molecule has 0 aliphatic carbocycles. The third-order valence-corrected chi connectivity index (χ3v) is 8.99. The number of sulfonamides is 1. The van der Waals surface area contributed by atoms with Gasteiger partial charge >= 0.3 is 0 Å². The molecule has 0 N–H and O–H groups in total. The first kappa shape index (κ1) is 18.9. The molecule has 5 nitrogen and oxygen atoms in total. The van der Waals surface area contributed by atoms with Crippen molar-refractivity contribution in [3.8, 4) is 5.75 Å². The van der Waals surface area contributed by atoms with Gasteiger partial charge in [-0.3, -0.25) is 4.90 Å². The van der Waals surface area contributed by atoms with Crippen LogP contribution in [0.3, 0.4) is 0 Å². The lowest BCUT2D eigenvalue weighted by atomic mass is 9.79. The van der Waals surface area contributed by atoms with E-state index in [2.05, 4.69) is 17.0 Å². The number of nitrogens with zero attached hydrogens (tertiary/aromatic N) is 2. The monoisotopic (exact) mass is 406 g/mol. The van der Waals surface area contributed by atoms with Gasteiger partial charge in [-0.1, -0.05) is 18.2 Å². The first-order chi connectivity index (χ1) is 13.0. The fraction of sp³-hybridized carbons (Fsp3) is 0.500. The predicted octanol–water partition coefficient (Wildman–Crippen LogP) is 3.43. The van der Waals surface area contributed by atoms with E-state index in [9.17, 15) is 8.42 Å². The van der Waals surface area contributed by atoms with Crippen LogP contribution in [0.15, 0.2) is 46.0 Å². The zero-order valence-corrected chi connectivity index (χ0v) is 17.3. The smallest absolute Gasteiger partial charge is 0.252 e. The van der Waals surface area contributed by atoms with Crippen molar-refractivity contribution in [3.05, 3.63) is 47.3 Å². The lowest BCUT2D eigenvalue weighted by Crippen LogP contribution is -2.44. The second-order valence-electron chi connectivity index (χ2n) is 7.69. The zero-order chi connectivity index (χ0) is 18.9. The molecule has 0 amide bonds. The quantitative estimate of drug-likeness (QED) is 0.763. The Morgan fingerprint density at radius 3 is 2.81 bits per heavy atom. The van der Waals surface area contributed by atoms with Gasteiger partial charge < -0.3 is 4.74 Å². The number of ether oxygens (including phenoxy) is 1. The fourth-order valence-corrected chi connectivity index (χ4v) is 7.14. The van der Waals surface area contributed by atoms with Gasteiger partial charge in [0.25, 0.3) is 10.0 Å². The standard InChI is InChI=1S/C20H26N2O3S2/c1-25-18-6-2-5-17(13-18)14-21-10-4-8-20(15-21)9-11-22(16-20)27(23,24)19-7-3-12-26-19/h2-3,5-7,12-13H,4,8-11,14-16H2,1H3/t20-/m1/s1. The summed E-state index contributed by atoms with van der Waals surface area (Å²) >= 11 is 1.31. The van der Waals surface area contributed by atoms with Crippen LogP contribution < -0.4 is 4.74 Å². The van der Waals surface area contributed by atoms with Crippen molar-refractivity contribution in [3.63, 3.8) is 0 Å². The van der Waals surface area contributed by atoms with Gasteiger partial charge in [0.05, 0.1) is 7.11 Å². The second kappa shape index (κ2) is 7.54. The number of thiophene rings is 1. The number of hydrogen-bond donors (Lipinski definition) is 0. The van der Waals surface area contributed by atoms with Gasteiger partial charge in [-0.25, -0.2) is 8.42 Å². The molecule has 3 heterocycles. The van der Waals surface area contributed by atoms with Crippen LogP contribution in [-0.4, -0.2) is 50.9 Å². The molecule has 2 aliphatic rings. The molecule has 1 spiro atoms. The zero-order valence-electron chi connectivity index (χ0n) is 15.6. The summed E-state index contributed by atoms with van der Waals surface area (Å²) in [7, 11) is -1.65. The number of piperidine rings is 1. The molecule has 0 radical (unpaired) electrons. The van der Waals surface area contributed by atoms with Gasteiger partial charge in [-0.15, -0.1) is 11.3 Å². The van der Waals surface area contributed by atoms with Gasteiger partial charge in [0.15, 0.2) is 0 Å². The molecule has 1 atom stereocenters. The molecular weight excluding hydrogens is 380 g/mol. The average Bonchev–Trinajstić information content (AvgIpc) is 3.33. The summed E-state index contributed by atoms with van der Waals surface area (Å²) < 4.78 is 33.2. The van der Waals surface area contributed by atoms with E-state index in [1.807, 2.05) is 17.5 Å². The number of benzene rings is 1. The fourth-order valence-electron chi connectivity index (χ4n) is 4.44. The predicted molar refractivity (Wildman–Crippen MR) is 108 cm³/mol. The van der Waals surface area contributed by atoms with Gasteiger partial charge in [0, 0.05) is 26.2 Å². The topological polar surface area (TPSA) is 49.9 Å². The summed E-state index contributed by atoms with van der Waals surface area (Å²) in [6, 6.07) is 11.7. The SMILES string of the molecule is COc1cccc(CN2CCC[C@@]3(CCN(S(=O)(=O)c4cccs4)C3)C2)c1. The molecule has 27 heavy (non-hydrogen) atoms. The van der Waals surface area contributed by atoms with E-state index in [1.54, 1.807) is 23.5 Å². The summed E-state index contributed by atoms with van der Waals surface area (Å²) in [5.41, 5.74) is 1.33. The van der Waals surface area contributed by atoms with Crippen LogP contribution in [0.4, 0.5) is 0 Å². The third-order valence-electron chi connectivity index (χ3n) is 5.77. The van der Waals surface area contributed by atoms with Crippen molar-refractivity contribution in [2.75, 3.05) is 33.3 Å². The minimum Gasteiger partial charge on any atom is -0.497 e. The Hall–Kier alpha value is -1.41. The number of likely N-dealkylation sites (tertiary alicyclic amines) is 1. The summed E-state index contributed by atoms with van der Waals surface area (Å²) in [6.07, 6.45) is 3.18. The maximum Gasteiger partial charge on any atom is 0.252 e. The summed E-state index contributed by atoms with van der Waals surface area (Å²) in [5.74, 6) is 0.883. The van der Waals surface area contributed by atoms with Crippen LogP contribution in [0.25, 0.3) is 0 Å². The van der Waals surface area contributed by atoms with Crippen molar-refractivity contribution >= 4 is 21.4 Å². The second-order valence-corrected chi connectivity index (χ2v) is 10.8. The summed E-state index contributed by atoms with van der Waals surface area (Å²) in [6.45, 7) is 4.18. The average molecular weight is 407 g/mol. The molecule has 146 valence electrons. The molecule has 0 saturated carbocycles. The minimum absolute atomic E-state index is 0.0848. The van der Waals surface area contributed by atoms with Crippen molar-refractivity contribution in [2.45, 2.75) is 30.0 Å². The molecule has 7 heteroatoms. The summed E-state index contributed by atoms with van der Waals surface area (Å²) in [4.78, 5) is 2.47. The van der Waals surface area contributed by atoms with Crippen LogP contribution in [-0.2, 0) is 16.6 Å². The Balaban J connectivity index is 1.45. The molecule has 1 aromatic heterocycles. The minimum atomic E-state index is -3.34. The first-order valence-electron chi connectivity index (χ1n) is 9.40. The van der Waals surface area contributed by atoms with Gasteiger partial charge in [-0.2, -0.15) is 4.31 Å². The lowest BCUT2D eigenvalue weighted by Gasteiger charge is -2.40. The van der Waals surface area contributed by atoms with Crippen molar-refractivity contribution in [1.29, 1.82) is 0 Å². The van der Waals surface area contributed by atoms with Crippen molar-refractivity contribution in [1.82, 2.24) is 9.21 Å². The molecule has 2 aromatic rings. The Labute approximate surface area is 165 Å². The van der Waals surface area contributed by atoms with Crippen LogP contribution in [0.5, 0.6) is 5.75 Å². The van der Waals surface area contributed by atoms with E-state index >= 15 is 0 Å². The molecule has 1 aromatic carbocycles. The highest BCUT2D eigenvalue weighted by Crippen LogP contribution is 2.41. The van der Waals surface area contributed by atoms with E-state index in [4.69, 9.17) is 4.74 Å². The van der Waals surface area contributed by atoms with Crippen LogP contribution in [0, 0.1) is 5.41 Å². The van der Waals surface area contributed by atoms with Gasteiger partial charge in [-0.05, 0) is 60.4 Å². The van der Waals surface area contributed by atoms with Crippen LogP contribution in [0.1, 0.15) is 24.8 Å². The normalized spacial score (nSPS) is 24.5. The van der Waals surface area contributed by atoms with Gasteiger partial charge in [0.2, 0.25) is 0 Å². The molecule has 2 aliphatic heterocycles. The van der Waals surface area contributed by atoms with E-state index in [0.29, 0.717) is 17.3 Å². The molecule has 0 unspecified atom stereocenters. The van der Waals surface area contributed by atoms with Crippen molar-refractivity contribution < 1.29 is 13.2 Å². The number of rotatable bonds is 5. The van der Waals surface area contributed by atoms with E-state index in [0.717, 1.165) is 44.6 Å². The van der Waals surface area contributed by atoms with Crippen LogP contribution >= 0.6 is 11.3 Å². The van der Waals surface area contributed by atoms with E-state index < -0.39 is 10.0 Å². The van der Waals surface area contributed by atoms with Gasteiger partial charge in [0.1, 0.15) is 9.96 Å². The van der Waals surface area contributed by atoms with Crippen LogP contribution in [0.2, 0.25) is 0 Å². The third kappa shape index (κ3) is 3.92. The van der Waals surface area contributed by atoms with E-state index in [1.165, 1.54) is 16.9 Å². The molecular formula is C20H26N2O3S2. The molecule has 4 rings (SSSR count). The molecule has 2 fully saturated rings. The lowest BCUT2D eigenvalue weighted by molar-refractivity contribution is 0.0934. The molecule has 0 bridgehead atoms. The molecule has 2 saturated heterocycles. The highest BCUT2D eigenvalue weighted by atomic mass is 32.2. The Morgan fingerprint density at radius 1 is 1.15 bits per heavy atom.